The molecule has 30 heavy (non-hydrogen) atoms. The summed E-state index contributed by atoms with van der Waals surface area (Å²) in [4.78, 5) is 12.5. The molecule has 4 rings (SSSR count). The molecular formula is C26H30O4. The summed E-state index contributed by atoms with van der Waals surface area (Å²) in [5.41, 5.74) is 3.93. The van der Waals surface area contributed by atoms with E-state index in [-0.39, 0.29) is 23.1 Å². The molecule has 0 spiro atoms. The Hall–Kier alpha value is -2.75. The first-order chi connectivity index (χ1) is 14.2. The van der Waals surface area contributed by atoms with Crippen LogP contribution in [0, 0.1) is 11.3 Å². The lowest BCUT2D eigenvalue weighted by atomic mass is 9.75. The van der Waals surface area contributed by atoms with Crippen molar-refractivity contribution in [3.63, 3.8) is 0 Å². The van der Waals surface area contributed by atoms with Crippen LogP contribution in [0.2, 0.25) is 0 Å². The number of carbonyl (C=O) groups is 1. The van der Waals surface area contributed by atoms with Gasteiger partial charge in [-0.15, -0.1) is 0 Å². The van der Waals surface area contributed by atoms with Crippen molar-refractivity contribution in [3.8, 4) is 11.5 Å². The number of ether oxygens (including phenoxy) is 2. The summed E-state index contributed by atoms with van der Waals surface area (Å²) < 4.78 is 11.2. The minimum Gasteiger partial charge on any atom is -0.504 e. The average molecular weight is 407 g/mol. The van der Waals surface area contributed by atoms with Gasteiger partial charge in [-0.2, -0.15) is 0 Å². The Labute approximate surface area is 178 Å². The van der Waals surface area contributed by atoms with E-state index in [9.17, 15) is 9.90 Å². The van der Waals surface area contributed by atoms with Crippen LogP contribution in [-0.2, 0) is 28.0 Å². The van der Waals surface area contributed by atoms with Crippen LogP contribution in [0.1, 0.15) is 50.3 Å². The zero-order valence-electron chi connectivity index (χ0n) is 18.0. The van der Waals surface area contributed by atoms with Crippen molar-refractivity contribution >= 4 is 5.97 Å². The van der Waals surface area contributed by atoms with E-state index >= 15 is 0 Å². The molecule has 158 valence electrons. The molecule has 0 amide bonds. The number of allylic oxidation sites excluding steroid dienone is 1. The summed E-state index contributed by atoms with van der Waals surface area (Å²) in [7, 11) is 0. The minimum absolute atomic E-state index is 0.0925. The van der Waals surface area contributed by atoms with E-state index in [0.29, 0.717) is 31.8 Å². The topological polar surface area (TPSA) is 55.8 Å². The van der Waals surface area contributed by atoms with Crippen LogP contribution in [0.25, 0.3) is 0 Å². The largest absolute Gasteiger partial charge is 0.504 e. The van der Waals surface area contributed by atoms with E-state index in [2.05, 4.69) is 51.6 Å². The van der Waals surface area contributed by atoms with Crippen molar-refractivity contribution in [3.05, 3.63) is 71.3 Å². The van der Waals surface area contributed by atoms with Gasteiger partial charge in [-0.25, -0.2) is 0 Å². The van der Waals surface area contributed by atoms with Crippen LogP contribution >= 0.6 is 0 Å². The van der Waals surface area contributed by atoms with Crippen molar-refractivity contribution in [2.75, 3.05) is 6.61 Å². The lowest BCUT2D eigenvalue weighted by molar-refractivity contribution is -0.146. The van der Waals surface area contributed by atoms with Gasteiger partial charge < -0.3 is 14.6 Å². The van der Waals surface area contributed by atoms with Gasteiger partial charge in [0.05, 0.1) is 12.0 Å². The second kappa shape index (κ2) is 7.50. The molecule has 1 aliphatic carbocycles. The number of esters is 1. The summed E-state index contributed by atoms with van der Waals surface area (Å²) in [6.45, 7) is 11.5. The molecule has 2 aromatic carbocycles. The summed E-state index contributed by atoms with van der Waals surface area (Å²) in [6, 6.07) is 13.8. The molecule has 1 saturated carbocycles. The monoisotopic (exact) mass is 406 g/mol. The lowest BCUT2D eigenvalue weighted by Gasteiger charge is -2.24. The maximum absolute atomic E-state index is 12.5. The van der Waals surface area contributed by atoms with Gasteiger partial charge in [0, 0.05) is 5.92 Å². The Balaban J connectivity index is 1.44. The SMILES string of the molecule is C=C1CC2COC(=O)C2(Cc2ccc(OCc3ccc(C(C)(C)C)cc3)c(O)c2)C1. The number of aromatic hydroxyl groups is 1. The third-order valence-electron chi connectivity index (χ3n) is 6.46. The summed E-state index contributed by atoms with van der Waals surface area (Å²) in [6.07, 6.45) is 2.06. The van der Waals surface area contributed by atoms with Crippen molar-refractivity contribution < 1.29 is 19.4 Å². The van der Waals surface area contributed by atoms with Crippen LogP contribution in [0.4, 0.5) is 0 Å². The Morgan fingerprint density at radius 3 is 2.53 bits per heavy atom. The van der Waals surface area contributed by atoms with E-state index in [4.69, 9.17) is 9.47 Å². The van der Waals surface area contributed by atoms with Gasteiger partial charge in [-0.05, 0) is 53.5 Å². The van der Waals surface area contributed by atoms with E-state index in [0.717, 1.165) is 23.1 Å². The number of carbonyl (C=O) groups excluding carboxylic acids is 1. The van der Waals surface area contributed by atoms with Crippen molar-refractivity contribution in [1.82, 2.24) is 0 Å². The number of hydrogen-bond acceptors (Lipinski definition) is 4. The van der Waals surface area contributed by atoms with E-state index < -0.39 is 5.41 Å². The number of benzene rings is 2. The summed E-state index contributed by atoms with van der Waals surface area (Å²) in [5, 5.41) is 10.5. The molecule has 1 N–H and O–H groups in total. The highest BCUT2D eigenvalue weighted by Crippen LogP contribution is 2.52. The highest BCUT2D eigenvalue weighted by Gasteiger charge is 2.55. The highest BCUT2D eigenvalue weighted by atomic mass is 16.5. The van der Waals surface area contributed by atoms with Gasteiger partial charge in [-0.3, -0.25) is 4.79 Å². The molecule has 4 heteroatoms. The molecule has 4 nitrogen and oxygen atoms in total. The Bertz CT molecular complexity index is 968. The first-order valence-corrected chi connectivity index (χ1v) is 10.6. The fourth-order valence-electron chi connectivity index (χ4n) is 4.68. The molecule has 2 aromatic rings. The van der Waals surface area contributed by atoms with Crippen molar-refractivity contribution in [2.45, 2.75) is 52.1 Å². The fraction of sp³-hybridized carbons (Fsp3) is 0.423. The number of fused-ring (bicyclic) bond motifs is 1. The maximum Gasteiger partial charge on any atom is 0.313 e. The molecule has 0 aromatic heterocycles. The van der Waals surface area contributed by atoms with Crippen LogP contribution in [0.3, 0.4) is 0 Å². The maximum atomic E-state index is 12.5. The second-order valence-corrected chi connectivity index (χ2v) is 9.80. The predicted octanol–water partition coefficient (Wildman–Crippen LogP) is 5.32. The average Bonchev–Trinajstić information content (AvgIpc) is 3.15. The minimum atomic E-state index is -0.527. The molecule has 0 radical (unpaired) electrons. The third-order valence-corrected chi connectivity index (χ3v) is 6.46. The number of phenolic OH excluding ortho intramolecular Hbond substituents is 1. The van der Waals surface area contributed by atoms with E-state index in [1.165, 1.54) is 5.56 Å². The van der Waals surface area contributed by atoms with Gasteiger partial charge in [0.2, 0.25) is 0 Å². The zero-order valence-corrected chi connectivity index (χ0v) is 18.0. The van der Waals surface area contributed by atoms with Gasteiger partial charge >= 0.3 is 5.97 Å². The first-order valence-electron chi connectivity index (χ1n) is 10.6. The van der Waals surface area contributed by atoms with Crippen LogP contribution in [0.5, 0.6) is 11.5 Å². The number of phenols is 1. The van der Waals surface area contributed by atoms with Crippen LogP contribution in [-0.4, -0.2) is 17.7 Å². The van der Waals surface area contributed by atoms with E-state index in [1.54, 1.807) is 12.1 Å². The predicted molar refractivity (Wildman–Crippen MR) is 117 cm³/mol. The Morgan fingerprint density at radius 2 is 1.87 bits per heavy atom. The molecule has 1 saturated heterocycles. The quantitative estimate of drug-likeness (QED) is 0.539. The third kappa shape index (κ3) is 3.83. The first kappa shape index (κ1) is 20.5. The molecule has 2 fully saturated rings. The summed E-state index contributed by atoms with van der Waals surface area (Å²) in [5.74, 6) is 0.587. The number of cyclic esters (lactones) is 1. The standard InChI is InChI=1S/C26H30O4/c1-17-11-21-16-30-24(28)26(21,13-17)14-19-7-10-23(22(27)12-19)29-15-18-5-8-20(9-6-18)25(2,3)4/h5-10,12,21,27H,1,11,13-16H2,2-4H3. The van der Waals surface area contributed by atoms with E-state index in [1.807, 2.05) is 6.07 Å². The van der Waals surface area contributed by atoms with Crippen LogP contribution < -0.4 is 4.74 Å². The van der Waals surface area contributed by atoms with Crippen molar-refractivity contribution in [1.29, 1.82) is 0 Å². The highest BCUT2D eigenvalue weighted by molar-refractivity contribution is 5.81. The molecular weight excluding hydrogens is 376 g/mol. The molecule has 2 atom stereocenters. The molecule has 2 unspecified atom stereocenters. The smallest absolute Gasteiger partial charge is 0.313 e. The molecule has 1 aliphatic heterocycles. The Morgan fingerprint density at radius 1 is 1.17 bits per heavy atom. The van der Waals surface area contributed by atoms with Crippen LogP contribution in [0.15, 0.2) is 54.6 Å². The Kier molecular flexibility index (Phi) is 5.13. The van der Waals surface area contributed by atoms with Crippen molar-refractivity contribution in [2.24, 2.45) is 11.3 Å². The lowest BCUT2D eigenvalue weighted by Crippen LogP contribution is -2.31. The zero-order chi connectivity index (χ0) is 21.5. The van der Waals surface area contributed by atoms with Gasteiger partial charge in [-0.1, -0.05) is 63.3 Å². The summed E-state index contributed by atoms with van der Waals surface area (Å²) >= 11 is 0. The van der Waals surface area contributed by atoms with Gasteiger partial charge in [0.25, 0.3) is 0 Å². The van der Waals surface area contributed by atoms with Gasteiger partial charge in [0.15, 0.2) is 11.5 Å². The molecule has 2 aliphatic rings. The normalized spacial score (nSPS) is 23.4. The second-order valence-electron chi connectivity index (χ2n) is 9.80. The molecule has 0 bridgehead atoms. The van der Waals surface area contributed by atoms with Gasteiger partial charge in [0.1, 0.15) is 6.61 Å². The number of rotatable bonds is 5. The molecule has 1 heterocycles. The fourth-order valence-corrected chi connectivity index (χ4v) is 4.68. The number of hydrogen-bond donors (Lipinski definition) is 1.